The minimum Gasteiger partial charge on any atom is -0.339 e. The third-order valence-corrected chi connectivity index (χ3v) is 8.93. The quantitative estimate of drug-likeness (QED) is 0.395. The fourth-order valence-corrected chi connectivity index (χ4v) is 6.19. The molecule has 1 heterocycles. The molecule has 34 heavy (non-hydrogen) atoms. The standard InChI is InChI=1S/C18H24S.C11H19NO.C2H6/c1-12(2)14(4)15(5)19-18-9-8-16-10-13(3)6-7-17(16)11-18;1-9-7-8-12(11(9)13)10-5-3-2-4-6-10;1-2/h6-12,14-15H,1-5H3;9-10H,2-8H2,1H3;1-2H3/t;9-;/m.0./s1. The van der Waals surface area contributed by atoms with E-state index in [0.717, 1.165) is 24.8 Å². The molecule has 0 bridgehead atoms. The molecule has 0 aromatic heterocycles. The van der Waals surface area contributed by atoms with E-state index < -0.39 is 0 Å². The lowest BCUT2D eigenvalue weighted by Crippen LogP contribution is -2.38. The molecule has 3 heteroatoms. The molecular weight excluding hydrogens is 434 g/mol. The summed E-state index contributed by atoms with van der Waals surface area (Å²) in [6.07, 6.45) is 7.59. The molecule has 0 radical (unpaired) electrons. The van der Waals surface area contributed by atoms with E-state index in [1.807, 2.05) is 25.6 Å². The Balaban J connectivity index is 0.000000237. The number of amides is 1. The number of thioether (sulfide) groups is 1. The second kappa shape index (κ2) is 14.2. The van der Waals surface area contributed by atoms with Crippen molar-refractivity contribution in [2.24, 2.45) is 17.8 Å². The molecule has 1 amide bonds. The Kier molecular flexibility index (Phi) is 12.0. The number of hydrogen-bond acceptors (Lipinski definition) is 2. The Hall–Kier alpha value is -1.48. The lowest BCUT2D eigenvalue weighted by molar-refractivity contribution is -0.133. The molecule has 1 saturated carbocycles. The van der Waals surface area contributed by atoms with Crippen molar-refractivity contribution < 1.29 is 4.79 Å². The zero-order chi connectivity index (χ0) is 25.3. The minimum atomic E-state index is 0.293. The van der Waals surface area contributed by atoms with E-state index in [4.69, 9.17) is 0 Å². The maximum Gasteiger partial charge on any atom is 0.225 e. The lowest BCUT2D eigenvalue weighted by atomic mass is 9.94. The van der Waals surface area contributed by atoms with Gasteiger partial charge in [0, 0.05) is 28.6 Å². The normalized spacial score (nSPS) is 20.4. The van der Waals surface area contributed by atoms with Gasteiger partial charge in [-0.25, -0.2) is 0 Å². The van der Waals surface area contributed by atoms with Gasteiger partial charge in [-0.3, -0.25) is 4.79 Å². The molecule has 1 aliphatic carbocycles. The molecule has 0 spiro atoms. The number of carbonyl (C=O) groups excluding carboxylic acids is 1. The van der Waals surface area contributed by atoms with Gasteiger partial charge in [0.25, 0.3) is 0 Å². The Labute approximate surface area is 214 Å². The van der Waals surface area contributed by atoms with Crippen LogP contribution in [0.25, 0.3) is 10.8 Å². The highest BCUT2D eigenvalue weighted by atomic mass is 32.2. The van der Waals surface area contributed by atoms with Crippen molar-refractivity contribution in [3.63, 3.8) is 0 Å². The van der Waals surface area contributed by atoms with Crippen LogP contribution in [0.4, 0.5) is 0 Å². The SMILES string of the molecule is CC.C[C@H]1CCN(C2CCCCC2)C1=O.Cc1ccc2cc(SC(C)C(C)C(C)C)ccc2c1. The fraction of sp³-hybridized carbons (Fsp3) is 0.645. The second-order valence-corrected chi connectivity index (χ2v) is 11.9. The third-order valence-electron chi connectivity index (χ3n) is 7.60. The van der Waals surface area contributed by atoms with Crippen molar-refractivity contribution in [2.75, 3.05) is 6.54 Å². The molecule has 2 aromatic carbocycles. The maximum atomic E-state index is 11.7. The van der Waals surface area contributed by atoms with Crippen molar-refractivity contribution in [1.29, 1.82) is 0 Å². The number of nitrogens with zero attached hydrogens (tertiary/aromatic N) is 1. The first-order valence-corrected chi connectivity index (χ1v) is 14.6. The molecule has 4 rings (SSSR count). The van der Waals surface area contributed by atoms with Crippen LogP contribution < -0.4 is 0 Å². The van der Waals surface area contributed by atoms with Gasteiger partial charge in [0.05, 0.1) is 0 Å². The summed E-state index contributed by atoms with van der Waals surface area (Å²) in [4.78, 5) is 15.3. The van der Waals surface area contributed by atoms with Crippen molar-refractivity contribution in [3.8, 4) is 0 Å². The Morgan fingerprint density at radius 1 is 0.882 bits per heavy atom. The van der Waals surface area contributed by atoms with Crippen LogP contribution in [0.3, 0.4) is 0 Å². The molecule has 2 aliphatic rings. The average molecular weight is 484 g/mol. The molecular formula is C31H49NOS. The summed E-state index contributed by atoms with van der Waals surface area (Å²) in [5.41, 5.74) is 1.33. The summed E-state index contributed by atoms with van der Waals surface area (Å²) in [5, 5.41) is 3.34. The van der Waals surface area contributed by atoms with Gasteiger partial charge in [-0.05, 0) is 60.9 Å². The molecule has 1 saturated heterocycles. The number of aryl methyl sites for hydroxylation is 1. The minimum absolute atomic E-state index is 0.293. The number of hydrogen-bond donors (Lipinski definition) is 0. The highest BCUT2D eigenvalue weighted by Gasteiger charge is 2.33. The summed E-state index contributed by atoms with van der Waals surface area (Å²) >= 11 is 2.00. The van der Waals surface area contributed by atoms with E-state index in [0.29, 0.717) is 23.1 Å². The zero-order valence-electron chi connectivity index (χ0n) is 23.1. The molecule has 2 fully saturated rings. The molecule has 1 aliphatic heterocycles. The van der Waals surface area contributed by atoms with Crippen LogP contribution in [-0.2, 0) is 4.79 Å². The molecule has 2 nitrogen and oxygen atoms in total. The van der Waals surface area contributed by atoms with E-state index >= 15 is 0 Å². The van der Waals surface area contributed by atoms with E-state index in [1.165, 1.54) is 53.3 Å². The van der Waals surface area contributed by atoms with Crippen molar-refractivity contribution in [1.82, 2.24) is 4.90 Å². The van der Waals surface area contributed by atoms with Crippen LogP contribution in [0.1, 0.15) is 92.6 Å². The number of benzene rings is 2. The van der Waals surface area contributed by atoms with Gasteiger partial charge in [0.2, 0.25) is 5.91 Å². The number of rotatable bonds is 5. The van der Waals surface area contributed by atoms with Gasteiger partial charge in [0.1, 0.15) is 0 Å². The van der Waals surface area contributed by atoms with Gasteiger partial charge < -0.3 is 4.90 Å². The first kappa shape index (κ1) is 28.8. The molecule has 190 valence electrons. The van der Waals surface area contributed by atoms with Gasteiger partial charge >= 0.3 is 0 Å². The van der Waals surface area contributed by atoms with Crippen LogP contribution in [0.2, 0.25) is 0 Å². The topological polar surface area (TPSA) is 20.3 Å². The summed E-state index contributed by atoms with van der Waals surface area (Å²) in [5.74, 6) is 2.18. The van der Waals surface area contributed by atoms with E-state index in [-0.39, 0.29) is 0 Å². The van der Waals surface area contributed by atoms with Crippen LogP contribution in [0.15, 0.2) is 41.3 Å². The number of carbonyl (C=O) groups is 1. The average Bonchev–Trinajstić information content (AvgIpc) is 3.19. The Morgan fingerprint density at radius 3 is 2.09 bits per heavy atom. The van der Waals surface area contributed by atoms with E-state index in [9.17, 15) is 4.79 Å². The van der Waals surface area contributed by atoms with Crippen molar-refractivity contribution >= 4 is 28.4 Å². The third kappa shape index (κ3) is 8.04. The van der Waals surface area contributed by atoms with Gasteiger partial charge in [0.15, 0.2) is 0 Å². The van der Waals surface area contributed by atoms with E-state index in [2.05, 4.69) is 82.8 Å². The lowest BCUT2D eigenvalue weighted by Gasteiger charge is -2.31. The molecule has 2 aromatic rings. The summed E-state index contributed by atoms with van der Waals surface area (Å²) in [6, 6.07) is 14.1. The summed E-state index contributed by atoms with van der Waals surface area (Å²) in [6.45, 7) is 18.5. The molecule has 0 N–H and O–H groups in total. The second-order valence-electron chi connectivity index (χ2n) is 10.5. The fourth-order valence-electron chi connectivity index (χ4n) is 4.89. The highest BCUT2D eigenvalue weighted by Crippen LogP contribution is 2.33. The van der Waals surface area contributed by atoms with Crippen LogP contribution in [-0.4, -0.2) is 28.6 Å². The summed E-state index contributed by atoms with van der Waals surface area (Å²) in [7, 11) is 0. The maximum absolute atomic E-state index is 11.7. The van der Waals surface area contributed by atoms with Crippen molar-refractivity contribution in [2.45, 2.75) is 110 Å². The van der Waals surface area contributed by atoms with E-state index in [1.54, 1.807) is 0 Å². The molecule has 3 atom stereocenters. The predicted octanol–water partition coefficient (Wildman–Crippen LogP) is 9.13. The van der Waals surface area contributed by atoms with Gasteiger partial charge in [-0.1, -0.05) is 97.6 Å². The smallest absolute Gasteiger partial charge is 0.225 e. The molecule has 2 unspecified atom stereocenters. The highest BCUT2D eigenvalue weighted by molar-refractivity contribution is 8.00. The van der Waals surface area contributed by atoms with Gasteiger partial charge in [-0.15, -0.1) is 11.8 Å². The Bertz CT molecular complexity index is 886. The first-order valence-electron chi connectivity index (χ1n) is 13.7. The monoisotopic (exact) mass is 483 g/mol. The summed E-state index contributed by atoms with van der Waals surface area (Å²) < 4.78 is 0. The predicted molar refractivity (Wildman–Crippen MR) is 152 cm³/mol. The first-order chi connectivity index (χ1) is 16.3. The van der Waals surface area contributed by atoms with Crippen LogP contribution >= 0.6 is 11.8 Å². The zero-order valence-corrected chi connectivity index (χ0v) is 23.9. The van der Waals surface area contributed by atoms with Crippen molar-refractivity contribution in [3.05, 3.63) is 42.0 Å². The number of fused-ring (bicyclic) bond motifs is 1. The van der Waals surface area contributed by atoms with Crippen LogP contribution in [0.5, 0.6) is 0 Å². The van der Waals surface area contributed by atoms with Gasteiger partial charge in [-0.2, -0.15) is 0 Å². The number of likely N-dealkylation sites (tertiary alicyclic amines) is 1. The Morgan fingerprint density at radius 2 is 1.50 bits per heavy atom. The largest absolute Gasteiger partial charge is 0.339 e. The van der Waals surface area contributed by atoms with Crippen LogP contribution in [0, 0.1) is 24.7 Å².